The van der Waals surface area contributed by atoms with Crippen LogP contribution in [0.2, 0.25) is 0 Å². The molecule has 1 aromatic carbocycles. The molecule has 5 heteroatoms. The molecule has 0 bridgehead atoms. The van der Waals surface area contributed by atoms with E-state index in [9.17, 15) is 0 Å². The van der Waals surface area contributed by atoms with Crippen molar-refractivity contribution in [2.75, 3.05) is 0 Å². The van der Waals surface area contributed by atoms with E-state index in [4.69, 9.17) is 4.52 Å². The number of benzene rings is 1. The highest BCUT2D eigenvalue weighted by Crippen LogP contribution is 2.16. The van der Waals surface area contributed by atoms with Crippen LogP contribution < -0.4 is 0 Å². The van der Waals surface area contributed by atoms with Crippen molar-refractivity contribution in [3.8, 4) is 11.5 Å². The normalized spacial score (nSPS) is 10.6. The standard InChI is InChI=1S/C12H10N4O/c1-2-5-10(6-3-1)12-14-11(15-17-12)9-16-8-4-7-13-16/h1-8H,9H2. The van der Waals surface area contributed by atoms with Crippen molar-refractivity contribution in [1.29, 1.82) is 0 Å². The van der Waals surface area contributed by atoms with E-state index in [1.807, 2.05) is 42.6 Å². The van der Waals surface area contributed by atoms with Gasteiger partial charge in [-0.1, -0.05) is 23.4 Å². The molecule has 0 N–H and O–H groups in total. The smallest absolute Gasteiger partial charge is 0.257 e. The van der Waals surface area contributed by atoms with Gasteiger partial charge in [0, 0.05) is 18.0 Å². The lowest BCUT2D eigenvalue weighted by molar-refractivity contribution is 0.419. The Kier molecular flexibility index (Phi) is 2.42. The van der Waals surface area contributed by atoms with Crippen LogP contribution in [0.4, 0.5) is 0 Å². The Labute approximate surface area is 97.7 Å². The van der Waals surface area contributed by atoms with Crippen LogP contribution in [0, 0.1) is 0 Å². The van der Waals surface area contributed by atoms with Crippen molar-refractivity contribution in [3.63, 3.8) is 0 Å². The van der Waals surface area contributed by atoms with Gasteiger partial charge in [0.2, 0.25) is 0 Å². The van der Waals surface area contributed by atoms with Gasteiger partial charge in [-0.15, -0.1) is 0 Å². The number of rotatable bonds is 3. The summed E-state index contributed by atoms with van der Waals surface area (Å²) in [6.07, 6.45) is 3.58. The maximum atomic E-state index is 5.20. The minimum Gasteiger partial charge on any atom is -0.334 e. The van der Waals surface area contributed by atoms with Gasteiger partial charge in [-0.3, -0.25) is 4.68 Å². The van der Waals surface area contributed by atoms with Crippen LogP contribution in [0.15, 0.2) is 53.3 Å². The predicted molar refractivity (Wildman–Crippen MR) is 61.1 cm³/mol. The first kappa shape index (κ1) is 9.77. The zero-order chi connectivity index (χ0) is 11.5. The lowest BCUT2D eigenvalue weighted by Crippen LogP contribution is -2.01. The van der Waals surface area contributed by atoms with Crippen molar-refractivity contribution >= 4 is 0 Å². The van der Waals surface area contributed by atoms with Crippen molar-refractivity contribution in [2.24, 2.45) is 0 Å². The minimum atomic E-state index is 0.517. The monoisotopic (exact) mass is 226 g/mol. The van der Waals surface area contributed by atoms with Gasteiger partial charge in [0.1, 0.15) is 6.54 Å². The van der Waals surface area contributed by atoms with Gasteiger partial charge in [0.25, 0.3) is 5.89 Å². The highest BCUT2D eigenvalue weighted by atomic mass is 16.5. The SMILES string of the molecule is c1ccc(-c2nc(Cn3cccn3)no2)cc1. The second-order valence-electron chi connectivity index (χ2n) is 3.59. The van der Waals surface area contributed by atoms with Crippen LogP contribution in [0.5, 0.6) is 0 Å². The van der Waals surface area contributed by atoms with Crippen molar-refractivity contribution < 1.29 is 4.52 Å². The molecule has 0 fully saturated rings. The summed E-state index contributed by atoms with van der Waals surface area (Å²) >= 11 is 0. The van der Waals surface area contributed by atoms with Gasteiger partial charge < -0.3 is 4.52 Å². The van der Waals surface area contributed by atoms with E-state index in [0.29, 0.717) is 18.3 Å². The molecule has 0 radical (unpaired) electrons. The van der Waals surface area contributed by atoms with Gasteiger partial charge >= 0.3 is 0 Å². The first-order valence-electron chi connectivity index (χ1n) is 5.27. The summed E-state index contributed by atoms with van der Waals surface area (Å²) in [5.74, 6) is 1.15. The molecule has 0 aliphatic heterocycles. The molecule has 0 aliphatic rings. The van der Waals surface area contributed by atoms with Crippen molar-refractivity contribution in [1.82, 2.24) is 19.9 Å². The number of hydrogen-bond acceptors (Lipinski definition) is 4. The van der Waals surface area contributed by atoms with Crippen LogP contribution in [0.3, 0.4) is 0 Å². The molecule has 84 valence electrons. The molecule has 0 aliphatic carbocycles. The summed E-state index contributed by atoms with van der Waals surface area (Å²) in [5.41, 5.74) is 0.923. The third-order valence-corrected chi connectivity index (χ3v) is 2.35. The second kappa shape index (κ2) is 4.21. The topological polar surface area (TPSA) is 56.7 Å². The molecule has 0 spiro atoms. The van der Waals surface area contributed by atoms with Gasteiger partial charge in [-0.2, -0.15) is 10.1 Å². The maximum absolute atomic E-state index is 5.20. The van der Waals surface area contributed by atoms with Crippen LogP contribution in [-0.2, 0) is 6.54 Å². The molecule has 5 nitrogen and oxygen atoms in total. The summed E-state index contributed by atoms with van der Waals surface area (Å²) in [4.78, 5) is 4.32. The summed E-state index contributed by atoms with van der Waals surface area (Å²) in [5, 5.41) is 8.01. The molecular formula is C12H10N4O. The molecule has 0 unspecified atom stereocenters. The third-order valence-electron chi connectivity index (χ3n) is 2.35. The zero-order valence-electron chi connectivity index (χ0n) is 9.02. The molecule has 2 aromatic heterocycles. The van der Waals surface area contributed by atoms with E-state index in [1.54, 1.807) is 10.9 Å². The summed E-state index contributed by atoms with van der Waals surface area (Å²) in [7, 11) is 0. The molecule has 17 heavy (non-hydrogen) atoms. The largest absolute Gasteiger partial charge is 0.334 e. The van der Waals surface area contributed by atoms with Gasteiger partial charge in [-0.05, 0) is 18.2 Å². The van der Waals surface area contributed by atoms with E-state index in [0.717, 1.165) is 5.56 Å². The fourth-order valence-electron chi connectivity index (χ4n) is 1.56. The Morgan fingerprint density at radius 2 is 2.00 bits per heavy atom. The molecule has 3 aromatic rings. The Morgan fingerprint density at radius 1 is 1.12 bits per heavy atom. The van der Waals surface area contributed by atoms with Gasteiger partial charge in [0.15, 0.2) is 5.82 Å². The summed E-state index contributed by atoms with van der Waals surface area (Å²) in [6.45, 7) is 0.517. The van der Waals surface area contributed by atoms with Crippen LogP contribution >= 0.6 is 0 Å². The fourth-order valence-corrected chi connectivity index (χ4v) is 1.56. The second-order valence-corrected chi connectivity index (χ2v) is 3.59. The Hall–Kier alpha value is -2.43. The quantitative estimate of drug-likeness (QED) is 0.685. The number of nitrogens with zero attached hydrogens (tertiary/aromatic N) is 4. The average molecular weight is 226 g/mol. The molecule has 0 amide bonds. The molecule has 3 rings (SSSR count). The first-order chi connectivity index (χ1) is 8.42. The van der Waals surface area contributed by atoms with Crippen molar-refractivity contribution in [3.05, 3.63) is 54.6 Å². The van der Waals surface area contributed by atoms with E-state index >= 15 is 0 Å². The number of aromatic nitrogens is 4. The Bertz CT molecular complexity index is 586. The van der Waals surface area contributed by atoms with Crippen LogP contribution in [0.1, 0.15) is 5.82 Å². The molecule has 0 saturated carbocycles. The van der Waals surface area contributed by atoms with Gasteiger partial charge in [-0.25, -0.2) is 0 Å². The fraction of sp³-hybridized carbons (Fsp3) is 0.0833. The third kappa shape index (κ3) is 2.08. The lowest BCUT2D eigenvalue weighted by atomic mass is 10.2. The zero-order valence-corrected chi connectivity index (χ0v) is 9.02. The van der Waals surface area contributed by atoms with Crippen molar-refractivity contribution in [2.45, 2.75) is 6.54 Å². The molecule has 2 heterocycles. The Morgan fingerprint density at radius 3 is 2.76 bits per heavy atom. The van der Waals surface area contributed by atoms with E-state index in [1.165, 1.54) is 0 Å². The van der Waals surface area contributed by atoms with E-state index in [2.05, 4.69) is 15.2 Å². The maximum Gasteiger partial charge on any atom is 0.257 e. The predicted octanol–water partition coefficient (Wildman–Crippen LogP) is 1.98. The van der Waals surface area contributed by atoms with E-state index in [-0.39, 0.29) is 0 Å². The Balaban J connectivity index is 1.84. The van der Waals surface area contributed by atoms with Crippen LogP contribution in [-0.4, -0.2) is 19.9 Å². The van der Waals surface area contributed by atoms with E-state index < -0.39 is 0 Å². The summed E-state index contributed by atoms with van der Waals surface area (Å²) in [6, 6.07) is 11.6. The summed E-state index contributed by atoms with van der Waals surface area (Å²) < 4.78 is 6.95. The lowest BCUT2D eigenvalue weighted by Gasteiger charge is -1.93. The first-order valence-corrected chi connectivity index (χ1v) is 5.27. The van der Waals surface area contributed by atoms with Gasteiger partial charge in [0.05, 0.1) is 0 Å². The average Bonchev–Trinajstić information content (AvgIpc) is 3.02. The molecule has 0 saturated heterocycles. The van der Waals surface area contributed by atoms with Crippen LogP contribution in [0.25, 0.3) is 11.5 Å². The number of hydrogen-bond donors (Lipinski definition) is 0. The highest BCUT2D eigenvalue weighted by molar-refractivity contribution is 5.51. The highest BCUT2D eigenvalue weighted by Gasteiger charge is 2.08. The minimum absolute atomic E-state index is 0.517. The molecular weight excluding hydrogens is 216 g/mol. The molecule has 0 atom stereocenters.